The van der Waals surface area contributed by atoms with Crippen molar-refractivity contribution in [2.45, 2.75) is 26.4 Å². The molecule has 0 heterocycles. The van der Waals surface area contributed by atoms with Gasteiger partial charge in [-0.3, -0.25) is 9.69 Å². The summed E-state index contributed by atoms with van der Waals surface area (Å²) in [6.45, 7) is 4.57. The number of anilines is 2. The van der Waals surface area contributed by atoms with Crippen LogP contribution >= 0.6 is 0 Å². The van der Waals surface area contributed by atoms with Crippen molar-refractivity contribution >= 4 is 17.3 Å². The zero-order valence-corrected chi connectivity index (χ0v) is 13.3. The summed E-state index contributed by atoms with van der Waals surface area (Å²) in [6, 6.07) is 15.4. The Labute approximate surface area is 131 Å². The quantitative estimate of drug-likeness (QED) is 0.834. The number of nitrogens with zero attached hydrogens (tertiary/aromatic N) is 1. The highest BCUT2D eigenvalue weighted by atomic mass is 16.2. The van der Waals surface area contributed by atoms with Gasteiger partial charge in [0.2, 0.25) is 5.91 Å². The first-order valence-corrected chi connectivity index (χ1v) is 7.38. The van der Waals surface area contributed by atoms with Crippen LogP contribution in [0, 0.1) is 6.92 Å². The van der Waals surface area contributed by atoms with Gasteiger partial charge in [0, 0.05) is 17.9 Å². The van der Waals surface area contributed by atoms with Crippen molar-refractivity contribution in [1.82, 2.24) is 4.90 Å². The first-order valence-electron chi connectivity index (χ1n) is 7.38. The molecule has 0 bridgehead atoms. The Morgan fingerprint density at radius 1 is 1.23 bits per heavy atom. The Balaban J connectivity index is 1.99. The van der Waals surface area contributed by atoms with Crippen LogP contribution in [0.5, 0.6) is 0 Å². The number of rotatable bonds is 5. The van der Waals surface area contributed by atoms with E-state index in [1.54, 1.807) is 6.07 Å². The molecule has 3 N–H and O–H groups in total. The summed E-state index contributed by atoms with van der Waals surface area (Å²) >= 11 is 0. The highest BCUT2D eigenvalue weighted by Crippen LogP contribution is 2.18. The van der Waals surface area contributed by atoms with Crippen molar-refractivity contribution in [1.29, 1.82) is 0 Å². The van der Waals surface area contributed by atoms with E-state index in [0.717, 1.165) is 17.8 Å². The van der Waals surface area contributed by atoms with Gasteiger partial charge >= 0.3 is 0 Å². The van der Waals surface area contributed by atoms with Crippen LogP contribution in [-0.4, -0.2) is 23.9 Å². The molecule has 1 unspecified atom stereocenters. The van der Waals surface area contributed by atoms with Crippen LogP contribution in [0.3, 0.4) is 0 Å². The van der Waals surface area contributed by atoms with Gasteiger partial charge in [0.05, 0.1) is 6.04 Å². The third-order valence-electron chi connectivity index (χ3n) is 3.82. The summed E-state index contributed by atoms with van der Waals surface area (Å²) in [5.74, 6) is -0.0219. The van der Waals surface area contributed by atoms with Crippen molar-refractivity contribution < 1.29 is 4.79 Å². The summed E-state index contributed by atoms with van der Waals surface area (Å²) in [4.78, 5) is 14.4. The number of hydrogen-bond acceptors (Lipinski definition) is 3. The van der Waals surface area contributed by atoms with Crippen LogP contribution in [0.1, 0.15) is 18.1 Å². The molecule has 4 heteroatoms. The summed E-state index contributed by atoms with van der Waals surface area (Å²) in [7, 11) is 1.95. The smallest absolute Gasteiger partial charge is 0.241 e. The van der Waals surface area contributed by atoms with Crippen LogP contribution in [0.25, 0.3) is 0 Å². The van der Waals surface area contributed by atoms with Gasteiger partial charge in [-0.1, -0.05) is 30.3 Å². The van der Waals surface area contributed by atoms with E-state index >= 15 is 0 Å². The standard InChI is InChI=1S/C18H23N3O/c1-13-11-16(19)9-10-17(13)20-18(22)14(2)21(3)12-15-7-5-4-6-8-15/h4-11,14H,12,19H2,1-3H3,(H,20,22). The van der Waals surface area contributed by atoms with Crippen LogP contribution in [-0.2, 0) is 11.3 Å². The Morgan fingerprint density at radius 3 is 2.55 bits per heavy atom. The Bertz CT molecular complexity index is 640. The fraction of sp³-hybridized carbons (Fsp3) is 0.278. The molecule has 1 atom stereocenters. The van der Waals surface area contributed by atoms with E-state index in [2.05, 4.69) is 17.4 Å². The second-order valence-corrected chi connectivity index (χ2v) is 5.64. The fourth-order valence-corrected chi connectivity index (χ4v) is 2.27. The van der Waals surface area contributed by atoms with Gasteiger partial charge in [-0.25, -0.2) is 0 Å². The van der Waals surface area contributed by atoms with Gasteiger partial charge in [-0.05, 0) is 50.2 Å². The van der Waals surface area contributed by atoms with Crippen molar-refractivity contribution in [3.63, 3.8) is 0 Å². The number of amides is 1. The maximum atomic E-state index is 12.4. The lowest BCUT2D eigenvalue weighted by Crippen LogP contribution is -2.39. The maximum Gasteiger partial charge on any atom is 0.241 e. The van der Waals surface area contributed by atoms with Gasteiger partial charge in [-0.2, -0.15) is 0 Å². The summed E-state index contributed by atoms with van der Waals surface area (Å²) in [5, 5.41) is 2.97. The topological polar surface area (TPSA) is 58.4 Å². The predicted octanol–water partition coefficient (Wildman–Crippen LogP) is 3.04. The van der Waals surface area contributed by atoms with E-state index in [0.29, 0.717) is 5.69 Å². The zero-order chi connectivity index (χ0) is 16.1. The largest absolute Gasteiger partial charge is 0.399 e. The number of aryl methyl sites for hydroxylation is 1. The summed E-state index contributed by atoms with van der Waals surface area (Å²) < 4.78 is 0. The number of nitrogens with one attached hydrogen (secondary N) is 1. The Hall–Kier alpha value is -2.33. The Morgan fingerprint density at radius 2 is 1.91 bits per heavy atom. The Kier molecular flexibility index (Phi) is 5.17. The molecule has 0 radical (unpaired) electrons. The van der Waals surface area contributed by atoms with Crippen molar-refractivity contribution in [3.8, 4) is 0 Å². The van der Waals surface area contributed by atoms with Crippen molar-refractivity contribution in [2.75, 3.05) is 18.1 Å². The fourth-order valence-electron chi connectivity index (χ4n) is 2.27. The van der Waals surface area contributed by atoms with Gasteiger partial charge in [0.1, 0.15) is 0 Å². The molecule has 0 aliphatic rings. The first-order chi connectivity index (χ1) is 10.5. The summed E-state index contributed by atoms with van der Waals surface area (Å²) in [6.07, 6.45) is 0. The van der Waals surface area contributed by atoms with Gasteiger partial charge in [0.25, 0.3) is 0 Å². The molecule has 0 spiro atoms. The zero-order valence-electron chi connectivity index (χ0n) is 13.3. The number of nitrogen functional groups attached to an aromatic ring is 1. The van der Waals surface area contributed by atoms with E-state index in [9.17, 15) is 4.79 Å². The molecule has 2 aromatic rings. The maximum absolute atomic E-state index is 12.4. The van der Waals surface area contributed by atoms with E-state index in [-0.39, 0.29) is 11.9 Å². The molecule has 1 amide bonds. The van der Waals surface area contributed by atoms with Crippen molar-refractivity contribution in [3.05, 3.63) is 59.7 Å². The monoisotopic (exact) mass is 297 g/mol. The molecule has 2 aromatic carbocycles. The van der Waals surface area contributed by atoms with Gasteiger partial charge in [0.15, 0.2) is 0 Å². The molecule has 0 saturated heterocycles. The molecule has 116 valence electrons. The normalized spacial score (nSPS) is 12.2. The van der Waals surface area contributed by atoms with Crippen LogP contribution in [0.15, 0.2) is 48.5 Å². The molecule has 0 aliphatic heterocycles. The average molecular weight is 297 g/mol. The van der Waals surface area contributed by atoms with Crippen LogP contribution < -0.4 is 11.1 Å². The molecule has 4 nitrogen and oxygen atoms in total. The number of nitrogens with two attached hydrogens (primary N) is 1. The number of likely N-dealkylation sites (N-methyl/N-ethyl adjacent to an activating group) is 1. The lowest BCUT2D eigenvalue weighted by Gasteiger charge is -2.24. The van der Waals surface area contributed by atoms with E-state index in [1.807, 2.05) is 56.1 Å². The SMILES string of the molecule is Cc1cc(N)ccc1NC(=O)C(C)N(C)Cc1ccccc1. The minimum absolute atomic E-state index is 0.0219. The third kappa shape index (κ3) is 4.09. The molecule has 0 saturated carbocycles. The molecule has 0 aromatic heterocycles. The number of carbonyl (C=O) groups excluding carboxylic acids is 1. The minimum atomic E-state index is -0.225. The summed E-state index contributed by atoms with van der Waals surface area (Å²) in [5.41, 5.74) is 9.39. The van der Waals surface area contributed by atoms with Crippen LogP contribution in [0.2, 0.25) is 0 Å². The van der Waals surface area contributed by atoms with Gasteiger partial charge < -0.3 is 11.1 Å². The van der Waals surface area contributed by atoms with E-state index in [4.69, 9.17) is 5.73 Å². The van der Waals surface area contributed by atoms with E-state index in [1.165, 1.54) is 5.56 Å². The number of benzene rings is 2. The highest BCUT2D eigenvalue weighted by molar-refractivity contribution is 5.95. The average Bonchev–Trinajstić information content (AvgIpc) is 2.50. The lowest BCUT2D eigenvalue weighted by atomic mass is 10.1. The minimum Gasteiger partial charge on any atom is -0.399 e. The highest BCUT2D eigenvalue weighted by Gasteiger charge is 2.18. The van der Waals surface area contributed by atoms with Crippen molar-refractivity contribution in [2.24, 2.45) is 0 Å². The van der Waals surface area contributed by atoms with Gasteiger partial charge in [-0.15, -0.1) is 0 Å². The third-order valence-corrected chi connectivity index (χ3v) is 3.82. The molecule has 22 heavy (non-hydrogen) atoms. The molecular formula is C18H23N3O. The molecule has 0 aliphatic carbocycles. The molecule has 2 rings (SSSR count). The number of hydrogen-bond donors (Lipinski definition) is 2. The first kappa shape index (κ1) is 16.0. The van der Waals surface area contributed by atoms with Crippen LogP contribution in [0.4, 0.5) is 11.4 Å². The predicted molar refractivity (Wildman–Crippen MR) is 91.6 cm³/mol. The number of carbonyl (C=O) groups is 1. The molecular weight excluding hydrogens is 274 g/mol. The van der Waals surface area contributed by atoms with E-state index < -0.39 is 0 Å². The lowest BCUT2D eigenvalue weighted by molar-refractivity contribution is -0.120. The second-order valence-electron chi connectivity index (χ2n) is 5.64. The second kappa shape index (κ2) is 7.09. The molecule has 0 fully saturated rings.